The van der Waals surface area contributed by atoms with Crippen LogP contribution in [0.1, 0.15) is 16.7 Å². The van der Waals surface area contributed by atoms with Gasteiger partial charge in [-0.3, -0.25) is 4.99 Å². The number of rotatable bonds is 5. The second-order valence-corrected chi connectivity index (χ2v) is 14.0. The lowest BCUT2D eigenvalue weighted by molar-refractivity contribution is 0.668. The van der Waals surface area contributed by atoms with Gasteiger partial charge < -0.3 is 13.3 Å². The number of benzene rings is 8. The van der Waals surface area contributed by atoms with Gasteiger partial charge in [0, 0.05) is 43.4 Å². The molecule has 3 heterocycles. The molecular formula is C50H31N3O3. The number of para-hydroxylation sites is 3. The molecule has 0 atom stereocenters. The molecule has 0 radical (unpaired) electrons. The molecular weight excluding hydrogens is 691 g/mol. The number of hydrogen-bond acceptors (Lipinski definition) is 4. The highest BCUT2D eigenvalue weighted by molar-refractivity contribution is 6.26. The van der Waals surface area contributed by atoms with Gasteiger partial charge in [-0.15, -0.1) is 0 Å². The lowest BCUT2D eigenvalue weighted by Gasteiger charge is -2.11. The molecule has 0 spiro atoms. The zero-order valence-electron chi connectivity index (χ0n) is 30.1. The van der Waals surface area contributed by atoms with Crippen molar-refractivity contribution < 1.29 is 13.3 Å². The maximum atomic E-state index is 6.57. The Hall–Kier alpha value is -7.57. The Kier molecular flexibility index (Phi) is 7.29. The molecule has 0 unspecified atom stereocenters. The number of nitrogens with zero attached hydrogens (tertiary/aromatic N) is 3. The van der Waals surface area contributed by atoms with Crippen molar-refractivity contribution in [3.63, 3.8) is 0 Å². The largest absolute Gasteiger partial charge is 0.456 e. The van der Waals surface area contributed by atoms with Crippen LogP contribution in [-0.2, 0) is 6.54 Å². The van der Waals surface area contributed by atoms with Crippen LogP contribution in [0.2, 0.25) is 0 Å². The number of amidine groups is 2. The van der Waals surface area contributed by atoms with Gasteiger partial charge in [0.1, 0.15) is 33.5 Å². The number of furan rings is 3. The van der Waals surface area contributed by atoms with E-state index in [-0.39, 0.29) is 0 Å². The number of fused-ring (bicyclic) bond motifs is 10. The van der Waals surface area contributed by atoms with Crippen LogP contribution in [0.3, 0.4) is 0 Å². The van der Waals surface area contributed by atoms with Gasteiger partial charge in [0.05, 0.1) is 6.54 Å². The summed E-state index contributed by atoms with van der Waals surface area (Å²) in [4.78, 5) is 15.3. The Balaban J connectivity index is 1.17. The summed E-state index contributed by atoms with van der Waals surface area (Å²) >= 11 is 0. The lowest BCUT2D eigenvalue weighted by Crippen LogP contribution is -2.07. The van der Waals surface area contributed by atoms with Crippen molar-refractivity contribution in [2.75, 3.05) is 0 Å². The highest BCUT2D eigenvalue weighted by atomic mass is 16.3. The molecule has 0 aliphatic heterocycles. The minimum absolute atomic E-state index is 0.403. The van der Waals surface area contributed by atoms with E-state index in [0.717, 1.165) is 99.0 Å². The van der Waals surface area contributed by atoms with Crippen molar-refractivity contribution in [1.82, 2.24) is 0 Å². The van der Waals surface area contributed by atoms with Crippen molar-refractivity contribution in [2.24, 2.45) is 15.0 Å². The van der Waals surface area contributed by atoms with Crippen LogP contribution < -0.4 is 0 Å². The normalized spacial score (nSPS) is 12.6. The van der Waals surface area contributed by atoms with Crippen molar-refractivity contribution in [2.45, 2.75) is 6.54 Å². The second-order valence-electron chi connectivity index (χ2n) is 14.0. The summed E-state index contributed by atoms with van der Waals surface area (Å²) < 4.78 is 19.2. The molecule has 0 aliphatic rings. The SMILES string of the molecule is C=N/C(=N\C(=N/Cc1ccc2ccccc2c1)c1cccc2oc3ccccc3c12)c1cc(-c2cccc3oc4ccccc4c23)cc2oc3ccccc3c12. The van der Waals surface area contributed by atoms with Crippen LogP contribution in [0.4, 0.5) is 0 Å². The van der Waals surface area contributed by atoms with E-state index in [1.54, 1.807) is 0 Å². The van der Waals surface area contributed by atoms with Gasteiger partial charge in [0.2, 0.25) is 0 Å². The van der Waals surface area contributed by atoms with Gasteiger partial charge in [-0.1, -0.05) is 115 Å². The first-order valence-electron chi connectivity index (χ1n) is 18.5. The van der Waals surface area contributed by atoms with E-state index in [0.29, 0.717) is 18.2 Å². The number of aliphatic imine (C=N–C) groups is 3. The average molecular weight is 722 g/mol. The van der Waals surface area contributed by atoms with Gasteiger partial charge in [-0.05, 0) is 82.7 Å². The Morgan fingerprint density at radius 3 is 1.73 bits per heavy atom. The zero-order valence-corrected chi connectivity index (χ0v) is 30.1. The fourth-order valence-electron chi connectivity index (χ4n) is 8.13. The third kappa shape index (κ3) is 5.15. The molecule has 11 aromatic rings. The molecule has 264 valence electrons. The molecule has 3 aromatic heterocycles. The fraction of sp³-hybridized carbons (Fsp3) is 0.0200. The molecule has 6 heteroatoms. The van der Waals surface area contributed by atoms with Crippen molar-refractivity contribution in [1.29, 1.82) is 0 Å². The molecule has 0 amide bonds. The van der Waals surface area contributed by atoms with Crippen LogP contribution >= 0.6 is 0 Å². The molecule has 0 saturated carbocycles. The minimum Gasteiger partial charge on any atom is -0.456 e. The molecule has 0 aliphatic carbocycles. The Bertz CT molecular complexity index is 3430. The van der Waals surface area contributed by atoms with Crippen LogP contribution in [-0.4, -0.2) is 18.4 Å². The van der Waals surface area contributed by atoms with Crippen LogP contribution in [0.15, 0.2) is 192 Å². The number of hydrogen-bond donors (Lipinski definition) is 0. The van der Waals surface area contributed by atoms with Gasteiger partial charge >= 0.3 is 0 Å². The topological polar surface area (TPSA) is 76.5 Å². The average Bonchev–Trinajstić information content (AvgIpc) is 3.95. The smallest absolute Gasteiger partial charge is 0.161 e. The predicted octanol–water partition coefficient (Wildman–Crippen LogP) is 13.3. The standard InChI is InChI=1S/C50H31N3O3/c1-51-49(39-27-33(28-45-48(39)37-16-6-9-21-42(37)56-45)34-17-10-22-43-46(34)35-14-4-7-19-40(35)54-43)53-50(52-29-30-24-25-31-12-2-3-13-32(31)26-30)38-18-11-23-44-47(38)36-15-5-8-20-41(36)55-44/h2-28H,1,29H2/b52-50-,53-49-. The highest BCUT2D eigenvalue weighted by Gasteiger charge is 2.21. The first kappa shape index (κ1) is 31.9. The molecule has 0 fully saturated rings. The van der Waals surface area contributed by atoms with Crippen molar-refractivity contribution in [3.8, 4) is 11.1 Å². The van der Waals surface area contributed by atoms with Crippen LogP contribution in [0.25, 0.3) is 87.7 Å². The molecule has 0 N–H and O–H groups in total. The first-order valence-corrected chi connectivity index (χ1v) is 18.5. The maximum Gasteiger partial charge on any atom is 0.161 e. The van der Waals surface area contributed by atoms with Gasteiger partial charge in [0.25, 0.3) is 0 Å². The molecule has 0 bridgehead atoms. The summed E-state index contributed by atoms with van der Waals surface area (Å²) in [6.07, 6.45) is 0. The van der Waals surface area contributed by atoms with Gasteiger partial charge in [-0.25, -0.2) is 9.98 Å². The van der Waals surface area contributed by atoms with E-state index in [2.05, 4.69) is 96.6 Å². The molecule has 11 rings (SSSR count). The van der Waals surface area contributed by atoms with E-state index < -0.39 is 0 Å². The summed E-state index contributed by atoms with van der Waals surface area (Å²) in [7, 11) is 0. The Labute approximate surface area is 320 Å². The Morgan fingerprint density at radius 2 is 1.02 bits per heavy atom. The molecule has 56 heavy (non-hydrogen) atoms. The fourth-order valence-corrected chi connectivity index (χ4v) is 8.13. The van der Waals surface area contributed by atoms with Crippen LogP contribution in [0.5, 0.6) is 0 Å². The third-order valence-corrected chi connectivity index (χ3v) is 10.7. The summed E-state index contributed by atoms with van der Waals surface area (Å²) in [5, 5.41) is 8.22. The first-order chi connectivity index (χ1) is 27.7. The lowest BCUT2D eigenvalue weighted by atomic mass is 9.95. The van der Waals surface area contributed by atoms with Crippen LogP contribution in [0, 0.1) is 0 Å². The van der Waals surface area contributed by atoms with E-state index in [9.17, 15) is 0 Å². The predicted molar refractivity (Wildman–Crippen MR) is 230 cm³/mol. The van der Waals surface area contributed by atoms with E-state index in [1.165, 1.54) is 5.39 Å². The van der Waals surface area contributed by atoms with Crippen molar-refractivity contribution in [3.05, 3.63) is 180 Å². The Morgan fingerprint density at radius 1 is 0.446 bits per heavy atom. The monoisotopic (exact) mass is 721 g/mol. The third-order valence-electron chi connectivity index (χ3n) is 10.7. The van der Waals surface area contributed by atoms with E-state index in [1.807, 2.05) is 78.9 Å². The quantitative estimate of drug-likeness (QED) is 0.131. The molecule has 0 saturated heterocycles. The summed E-state index contributed by atoms with van der Waals surface area (Å²) in [5.41, 5.74) is 9.35. The summed E-state index contributed by atoms with van der Waals surface area (Å²) in [6, 6.07) is 55.5. The van der Waals surface area contributed by atoms with E-state index >= 15 is 0 Å². The highest BCUT2D eigenvalue weighted by Crippen LogP contribution is 2.41. The molecule has 8 aromatic carbocycles. The second kappa shape index (κ2) is 12.8. The van der Waals surface area contributed by atoms with Gasteiger partial charge in [-0.2, -0.15) is 0 Å². The minimum atomic E-state index is 0.403. The summed E-state index contributed by atoms with van der Waals surface area (Å²) in [5.74, 6) is 0.946. The van der Waals surface area contributed by atoms with E-state index in [4.69, 9.17) is 23.2 Å². The summed E-state index contributed by atoms with van der Waals surface area (Å²) in [6.45, 7) is 4.50. The maximum absolute atomic E-state index is 6.57. The zero-order chi connectivity index (χ0) is 37.2. The van der Waals surface area contributed by atoms with Crippen molar-refractivity contribution >= 4 is 95.0 Å². The molecule has 6 nitrogen and oxygen atoms in total. The van der Waals surface area contributed by atoms with Gasteiger partial charge in [0.15, 0.2) is 11.7 Å².